The van der Waals surface area contributed by atoms with Crippen LogP contribution in [-0.2, 0) is 11.0 Å². The maximum Gasteiger partial charge on any atom is 0.471 e. The van der Waals surface area contributed by atoms with Crippen LogP contribution in [0.3, 0.4) is 0 Å². The van der Waals surface area contributed by atoms with E-state index in [2.05, 4.69) is 20.0 Å². The molecule has 1 N–H and O–H groups in total. The van der Waals surface area contributed by atoms with Crippen LogP contribution < -0.4 is 5.32 Å². The number of benzene rings is 1. The van der Waals surface area contributed by atoms with Crippen LogP contribution in [-0.4, -0.2) is 41.1 Å². The van der Waals surface area contributed by atoms with Gasteiger partial charge in [0.05, 0.1) is 6.04 Å². The standard InChI is InChI=1S/C15H17F3N4O2/c1-4-11(22(2)3)13(23)19-10-7-5-9(6-8-10)12-20-14(24-21-12)15(16,17)18/h5-8,11H,4H2,1-3H3,(H,19,23)/t11-/m0/s1. The SMILES string of the molecule is CC[C@@H](C(=O)Nc1ccc(-c2noc(C(F)(F)F)n2)cc1)N(C)C. The second-order valence-electron chi connectivity index (χ2n) is 5.38. The lowest BCUT2D eigenvalue weighted by atomic mass is 10.1. The summed E-state index contributed by atoms with van der Waals surface area (Å²) >= 11 is 0. The molecule has 0 fully saturated rings. The molecule has 0 aliphatic carbocycles. The van der Waals surface area contributed by atoms with Gasteiger partial charge in [-0.05, 0) is 44.8 Å². The van der Waals surface area contributed by atoms with Crippen molar-refractivity contribution in [3.8, 4) is 11.4 Å². The number of aromatic nitrogens is 2. The Kier molecular flexibility index (Phi) is 5.23. The van der Waals surface area contributed by atoms with Gasteiger partial charge in [0.15, 0.2) is 0 Å². The molecule has 1 aromatic carbocycles. The van der Waals surface area contributed by atoms with Crippen molar-refractivity contribution in [2.75, 3.05) is 19.4 Å². The van der Waals surface area contributed by atoms with Crippen LogP contribution in [0, 0.1) is 0 Å². The molecular weight excluding hydrogens is 325 g/mol. The van der Waals surface area contributed by atoms with Crippen molar-refractivity contribution in [3.63, 3.8) is 0 Å². The van der Waals surface area contributed by atoms with Crippen LogP contribution in [0.2, 0.25) is 0 Å². The van der Waals surface area contributed by atoms with Crippen molar-refractivity contribution in [1.29, 1.82) is 0 Å². The summed E-state index contributed by atoms with van der Waals surface area (Å²) in [5, 5.41) is 6.07. The van der Waals surface area contributed by atoms with E-state index < -0.39 is 12.1 Å². The third-order valence-electron chi connectivity index (χ3n) is 3.39. The van der Waals surface area contributed by atoms with E-state index in [-0.39, 0.29) is 17.8 Å². The van der Waals surface area contributed by atoms with Gasteiger partial charge in [-0.2, -0.15) is 18.2 Å². The summed E-state index contributed by atoms with van der Waals surface area (Å²) in [4.78, 5) is 17.3. The van der Waals surface area contributed by atoms with E-state index in [0.717, 1.165) is 0 Å². The molecular formula is C15H17F3N4O2. The summed E-state index contributed by atoms with van der Waals surface area (Å²) in [6, 6.07) is 5.89. The zero-order chi connectivity index (χ0) is 17.9. The largest absolute Gasteiger partial charge is 0.471 e. The van der Waals surface area contributed by atoms with E-state index in [0.29, 0.717) is 17.7 Å². The first kappa shape index (κ1) is 17.9. The Morgan fingerprint density at radius 3 is 2.38 bits per heavy atom. The summed E-state index contributed by atoms with van der Waals surface area (Å²) in [6.07, 6.45) is -4.03. The van der Waals surface area contributed by atoms with Gasteiger partial charge in [-0.3, -0.25) is 9.69 Å². The summed E-state index contributed by atoms with van der Waals surface area (Å²) in [5.41, 5.74) is 0.885. The van der Waals surface area contributed by atoms with Crippen molar-refractivity contribution >= 4 is 11.6 Å². The molecule has 130 valence electrons. The van der Waals surface area contributed by atoms with Gasteiger partial charge in [-0.15, -0.1) is 0 Å². The highest BCUT2D eigenvalue weighted by molar-refractivity contribution is 5.94. The maximum absolute atomic E-state index is 12.5. The number of nitrogens with one attached hydrogen (secondary N) is 1. The van der Waals surface area contributed by atoms with Crippen molar-refractivity contribution in [2.45, 2.75) is 25.6 Å². The highest BCUT2D eigenvalue weighted by atomic mass is 19.4. The minimum absolute atomic E-state index is 0.158. The average molecular weight is 342 g/mol. The first-order valence-electron chi connectivity index (χ1n) is 7.21. The van der Waals surface area contributed by atoms with Crippen molar-refractivity contribution in [2.24, 2.45) is 0 Å². The number of anilines is 1. The molecule has 0 unspecified atom stereocenters. The van der Waals surface area contributed by atoms with Gasteiger partial charge in [-0.25, -0.2) is 0 Å². The van der Waals surface area contributed by atoms with Crippen molar-refractivity contribution in [1.82, 2.24) is 15.0 Å². The normalized spacial score (nSPS) is 13.1. The summed E-state index contributed by atoms with van der Waals surface area (Å²) in [6.45, 7) is 1.90. The number of amides is 1. The third-order valence-corrected chi connectivity index (χ3v) is 3.39. The number of nitrogens with zero attached hydrogens (tertiary/aromatic N) is 3. The lowest BCUT2D eigenvalue weighted by Crippen LogP contribution is -2.39. The van der Waals surface area contributed by atoms with E-state index in [1.54, 1.807) is 12.1 Å². The van der Waals surface area contributed by atoms with E-state index >= 15 is 0 Å². The fourth-order valence-electron chi connectivity index (χ4n) is 2.17. The first-order valence-corrected chi connectivity index (χ1v) is 7.21. The fraction of sp³-hybridized carbons (Fsp3) is 0.400. The smallest absolute Gasteiger partial charge is 0.329 e. The Balaban J connectivity index is 2.11. The zero-order valence-electron chi connectivity index (χ0n) is 13.4. The van der Waals surface area contributed by atoms with Gasteiger partial charge in [-0.1, -0.05) is 12.1 Å². The van der Waals surface area contributed by atoms with Gasteiger partial charge >= 0.3 is 12.1 Å². The predicted octanol–water partition coefficient (Wildman–Crippen LogP) is 3.03. The van der Waals surface area contributed by atoms with Crippen LogP contribution in [0.4, 0.5) is 18.9 Å². The molecule has 1 atom stereocenters. The average Bonchev–Trinajstić information content (AvgIpc) is 2.98. The quantitative estimate of drug-likeness (QED) is 0.904. The lowest BCUT2D eigenvalue weighted by molar-refractivity contribution is -0.159. The molecule has 24 heavy (non-hydrogen) atoms. The van der Waals surface area contributed by atoms with E-state index in [1.807, 2.05) is 25.9 Å². The second-order valence-corrected chi connectivity index (χ2v) is 5.38. The van der Waals surface area contributed by atoms with Crippen LogP contribution in [0.25, 0.3) is 11.4 Å². The lowest BCUT2D eigenvalue weighted by Gasteiger charge is -2.21. The Morgan fingerprint density at radius 2 is 1.92 bits per heavy atom. The number of hydrogen-bond donors (Lipinski definition) is 1. The molecule has 0 radical (unpaired) electrons. The number of halogens is 3. The Labute approximate surface area is 136 Å². The summed E-state index contributed by atoms with van der Waals surface area (Å²) < 4.78 is 41.5. The molecule has 2 aromatic rings. The predicted molar refractivity (Wildman–Crippen MR) is 81.1 cm³/mol. The van der Waals surface area contributed by atoms with Gasteiger partial charge in [0.25, 0.3) is 0 Å². The Morgan fingerprint density at radius 1 is 1.29 bits per heavy atom. The number of likely N-dealkylation sites (N-methyl/N-ethyl adjacent to an activating group) is 1. The molecule has 2 rings (SSSR count). The fourth-order valence-corrected chi connectivity index (χ4v) is 2.17. The van der Waals surface area contributed by atoms with E-state index in [1.165, 1.54) is 12.1 Å². The molecule has 1 heterocycles. The molecule has 0 saturated carbocycles. The number of rotatable bonds is 5. The molecule has 0 bridgehead atoms. The summed E-state index contributed by atoms with van der Waals surface area (Å²) in [5.74, 6) is -1.72. The number of hydrogen-bond acceptors (Lipinski definition) is 5. The molecule has 0 spiro atoms. The highest BCUT2D eigenvalue weighted by Gasteiger charge is 2.38. The monoisotopic (exact) mass is 342 g/mol. The molecule has 1 aromatic heterocycles. The third kappa shape index (κ3) is 4.10. The molecule has 0 aliphatic rings. The topological polar surface area (TPSA) is 71.3 Å². The number of carbonyl (C=O) groups excluding carboxylic acids is 1. The first-order chi connectivity index (χ1) is 11.2. The molecule has 6 nitrogen and oxygen atoms in total. The van der Waals surface area contributed by atoms with Gasteiger partial charge in [0.2, 0.25) is 11.7 Å². The molecule has 0 aliphatic heterocycles. The molecule has 9 heteroatoms. The number of carbonyl (C=O) groups is 1. The Hall–Kier alpha value is -2.42. The van der Waals surface area contributed by atoms with E-state index in [4.69, 9.17) is 0 Å². The van der Waals surface area contributed by atoms with Crippen LogP contribution in [0.1, 0.15) is 19.2 Å². The highest BCUT2D eigenvalue weighted by Crippen LogP contribution is 2.29. The van der Waals surface area contributed by atoms with Crippen LogP contribution >= 0.6 is 0 Å². The van der Waals surface area contributed by atoms with Crippen LogP contribution in [0.5, 0.6) is 0 Å². The molecule has 1 amide bonds. The Bertz CT molecular complexity index is 695. The molecule has 0 saturated heterocycles. The van der Waals surface area contributed by atoms with Gasteiger partial charge in [0, 0.05) is 11.3 Å². The second kappa shape index (κ2) is 7.00. The summed E-state index contributed by atoms with van der Waals surface area (Å²) in [7, 11) is 3.62. The minimum atomic E-state index is -4.68. The van der Waals surface area contributed by atoms with Crippen molar-refractivity contribution < 1.29 is 22.5 Å². The van der Waals surface area contributed by atoms with E-state index in [9.17, 15) is 18.0 Å². The zero-order valence-corrected chi connectivity index (χ0v) is 13.4. The van der Waals surface area contributed by atoms with Crippen molar-refractivity contribution in [3.05, 3.63) is 30.2 Å². The minimum Gasteiger partial charge on any atom is -0.329 e. The van der Waals surface area contributed by atoms with Crippen LogP contribution in [0.15, 0.2) is 28.8 Å². The number of alkyl halides is 3. The van der Waals surface area contributed by atoms with Gasteiger partial charge in [0.1, 0.15) is 0 Å². The van der Waals surface area contributed by atoms with Gasteiger partial charge < -0.3 is 9.84 Å². The maximum atomic E-state index is 12.5.